The normalized spacial score (nSPS) is 15.1. The molecule has 0 saturated heterocycles. The van der Waals surface area contributed by atoms with Crippen molar-refractivity contribution in [2.24, 2.45) is 0 Å². The van der Waals surface area contributed by atoms with Crippen LogP contribution in [0.5, 0.6) is 5.75 Å². The minimum Gasteiger partial charge on any atom is -0.496 e. The van der Waals surface area contributed by atoms with Gasteiger partial charge in [0.25, 0.3) is 0 Å². The number of carbonyl (C=O) groups is 1. The topological polar surface area (TPSA) is 38.8 Å². The molecule has 0 saturated carbocycles. The van der Waals surface area contributed by atoms with Gasteiger partial charge in [-0.1, -0.05) is 30.4 Å². The summed E-state index contributed by atoms with van der Waals surface area (Å²) in [6.07, 6.45) is 6.97. The van der Waals surface area contributed by atoms with Gasteiger partial charge >= 0.3 is 6.09 Å². The fourth-order valence-electron chi connectivity index (χ4n) is 2.07. The molecule has 0 aromatic heterocycles. The van der Waals surface area contributed by atoms with E-state index in [1.807, 2.05) is 57.2 Å². The highest BCUT2D eigenvalue weighted by Gasteiger charge is 2.22. The zero-order chi connectivity index (χ0) is 15.5. The summed E-state index contributed by atoms with van der Waals surface area (Å²) >= 11 is 0. The molecular formula is C17H21NO3. The number of hydrogen-bond acceptors (Lipinski definition) is 3. The smallest absolute Gasteiger partial charge is 0.418 e. The first-order valence-electron chi connectivity index (χ1n) is 6.91. The van der Waals surface area contributed by atoms with Gasteiger partial charge in [0.15, 0.2) is 0 Å². The van der Waals surface area contributed by atoms with Crippen LogP contribution in [0, 0.1) is 0 Å². The summed E-state index contributed by atoms with van der Waals surface area (Å²) in [6, 6.07) is 7.85. The maximum absolute atomic E-state index is 12.0. The Balaban J connectivity index is 2.09. The molecule has 1 amide bonds. The number of nitrogens with zero attached hydrogens (tertiary/aromatic N) is 1. The largest absolute Gasteiger partial charge is 0.496 e. The van der Waals surface area contributed by atoms with E-state index in [0.717, 1.165) is 11.3 Å². The third kappa shape index (κ3) is 3.88. The number of ether oxygens (including phenoxy) is 2. The maximum atomic E-state index is 12.0. The first-order chi connectivity index (χ1) is 9.90. The van der Waals surface area contributed by atoms with E-state index in [2.05, 4.69) is 0 Å². The highest BCUT2D eigenvalue weighted by molar-refractivity contribution is 5.71. The lowest BCUT2D eigenvalue weighted by Gasteiger charge is -2.25. The van der Waals surface area contributed by atoms with Gasteiger partial charge in [-0.25, -0.2) is 4.79 Å². The van der Waals surface area contributed by atoms with Gasteiger partial charge in [0.2, 0.25) is 0 Å². The lowest BCUT2D eigenvalue weighted by atomic mass is 9.97. The Morgan fingerprint density at radius 2 is 1.76 bits per heavy atom. The van der Waals surface area contributed by atoms with Crippen molar-refractivity contribution in [3.8, 4) is 5.75 Å². The number of methoxy groups -OCH3 is 1. The molecule has 1 aromatic rings. The molecule has 112 valence electrons. The van der Waals surface area contributed by atoms with Crippen LogP contribution in [-0.4, -0.2) is 23.7 Å². The van der Waals surface area contributed by atoms with E-state index >= 15 is 0 Å². The molecular weight excluding hydrogens is 266 g/mol. The molecule has 0 aliphatic carbocycles. The monoisotopic (exact) mass is 287 g/mol. The third-order valence-corrected chi connectivity index (χ3v) is 3.01. The highest BCUT2D eigenvalue weighted by Crippen LogP contribution is 2.30. The van der Waals surface area contributed by atoms with E-state index in [4.69, 9.17) is 9.47 Å². The maximum Gasteiger partial charge on any atom is 0.418 e. The number of rotatable bonds is 2. The number of benzene rings is 1. The Hall–Kier alpha value is -2.23. The highest BCUT2D eigenvalue weighted by atomic mass is 16.6. The summed E-state index contributed by atoms with van der Waals surface area (Å²) in [5.74, 6) is 0.919. The predicted molar refractivity (Wildman–Crippen MR) is 82.1 cm³/mol. The number of amides is 1. The van der Waals surface area contributed by atoms with Crippen LogP contribution < -0.4 is 4.74 Å². The van der Waals surface area contributed by atoms with Crippen molar-refractivity contribution in [1.82, 2.24) is 4.90 Å². The minimum atomic E-state index is -0.502. The second-order valence-corrected chi connectivity index (χ2v) is 5.84. The van der Waals surface area contributed by atoms with Gasteiger partial charge in [0.05, 0.1) is 7.11 Å². The molecule has 0 N–H and O–H groups in total. The first-order valence-corrected chi connectivity index (χ1v) is 6.91. The summed E-state index contributed by atoms with van der Waals surface area (Å²) in [6.45, 7) is 5.54. The number of allylic oxidation sites excluding steroid dienone is 2. The average Bonchev–Trinajstić information content (AvgIpc) is 2.45. The molecule has 0 fully saturated rings. The quantitative estimate of drug-likeness (QED) is 0.823. The van der Waals surface area contributed by atoms with Crippen LogP contribution in [0.3, 0.4) is 0 Å². The predicted octanol–water partition coefficient (Wildman–Crippen LogP) is 4.06. The molecule has 0 bridgehead atoms. The SMILES string of the molecule is COc1ccccc1C1C=CN(C(=O)OC(C)(C)C)C=C1. The fraction of sp³-hybridized carbons (Fsp3) is 0.353. The number of carbonyl (C=O) groups excluding carboxylic acids is 1. The van der Waals surface area contributed by atoms with Gasteiger partial charge in [-0.15, -0.1) is 0 Å². The Morgan fingerprint density at radius 3 is 2.33 bits per heavy atom. The van der Waals surface area contributed by atoms with Gasteiger partial charge in [-0.05, 0) is 26.8 Å². The molecule has 0 spiro atoms. The summed E-state index contributed by atoms with van der Waals surface area (Å²) in [5, 5.41) is 0. The first kappa shape index (κ1) is 15.2. The van der Waals surface area contributed by atoms with Crippen molar-refractivity contribution < 1.29 is 14.3 Å². The van der Waals surface area contributed by atoms with Crippen molar-refractivity contribution in [1.29, 1.82) is 0 Å². The van der Waals surface area contributed by atoms with E-state index in [9.17, 15) is 4.79 Å². The lowest BCUT2D eigenvalue weighted by Crippen LogP contribution is -2.31. The average molecular weight is 287 g/mol. The number of hydrogen-bond donors (Lipinski definition) is 0. The van der Waals surface area contributed by atoms with Crippen LogP contribution in [-0.2, 0) is 4.74 Å². The van der Waals surface area contributed by atoms with Crippen LogP contribution in [0.15, 0.2) is 48.8 Å². The summed E-state index contributed by atoms with van der Waals surface area (Å²) < 4.78 is 10.7. The number of para-hydroxylation sites is 1. The molecule has 2 rings (SSSR count). The van der Waals surface area contributed by atoms with Crippen molar-refractivity contribution in [3.05, 3.63) is 54.4 Å². The third-order valence-electron chi connectivity index (χ3n) is 3.01. The van der Waals surface area contributed by atoms with Crippen LogP contribution >= 0.6 is 0 Å². The van der Waals surface area contributed by atoms with Crippen molar-refractivity contribution >= 4 is 6.09 Å². The van der Waals surface area contributed by atoms with Crippen molar-refractivity contribution in [3.63, 3.8) is 0 Å². The zero-order valence-corrected chi connectivity index (χ0v) is 12.9. The molecule has 1 aliphatic heterocycles. The second-order valence-electron chi connectivity index (χ2n) is 5.84. The Morgan fingerprint density at radius 1 is 1.14 bits per heavy atom. The van der Waals surface area contributed by atoms with Crippen molar-refractivity contribution in [2.75, 3.05) is 7.11 Å². The van der Waals surface area contributed by atoms with Gasteiger partial charge in [-0.2, -0.15) is 0 Å². The molecule has 1 heterocycles. The molecule has 1 aliphatic rings. The molecule has 0 radical (unpaired) electrons. The fourth-order valence-corrected chi connectivity index (χ4v) is 2.07. The Bertz CT molecular complexity index is 556. The molecule has 0 unspecified atom stereocenters. The van der Waals surface area contributed by atoms with E-state index in [1.54, 1.807) is 19.5 Å². The van der Waals surface area contributed by atoms with Crippen molar-refractivity contribution in [2.45, 2.75) is 32.3 Å². The molecule has 1 aromatic carbocycles. The van der Waals surface area contributed by atoms with Crippen LogP contribution in [0.2, 0.25) is 0 Å². The molecule has 4 heteroatoms. The van der Waals surface area contributed by atoms with Gasteiger partial charge < -0.3 is 9.47 Å². The lowest BCUT2D eigenvalue weighted by molar-refractivity contribution is 0.0397. The standard InChI is InChI=1S/C17H21NO3/c1-17(2,3)21-16(19)18-11-9-13(10-12-18)14-7-5-6-8-15(14)20-4/h5-13H,1-4H3. The van der Waals surface area contributed by atoms with E-state index < -0.39 is 5.60 Å². The van der Waals surface area contributed by atoms with E-state index in [-0.39, 0.29) is 12.0 Å². The Kier molecular flexibility index (Phi) is 4.36. The van der Waals surface area contributed by atoms with Gasteiger partial charge in [0.1, 0.15) is 11.4 Å². The van der Waals surface area contributed by atoms with Crippen LogP contribution in [0.25, 0.3) is 0 Å². The van der Waals surface area contributed by atoms with Crippen LogP contribution in [0.1, 0.15) is 32.3 Å². The van der Waals surface area contributed by atoms with E-state index in [1.165, 1.54) is 4.90 Å². The summed E-state index contributed by atoms with van der Waals surface area (Å²) in [7, 11) is 1.65. The van der Waals surface area contributed by atoms with E-state index in [0.29, 0.717) is 0 Å². The zero-order valence-electron chi connectivity index (χ0n) is 12.9. The molecule has 0 atom stereocenters. The van der Waals surface area contributed by atoms with Gasteiger partial charge in [-0.3, -0.25) is 4.90 Å². The Labute approximate surface area is 125 Å². The molecule has 4 nitrogen and oxygen atoms in total. The van der Waals surface area contributed by atoms with Gasteiger partial charge in [0, 0.05) is 23.9 Å². The summed E-state index contributed by atoms with van der Waals surface area (Å²) in [4.78, 5) is 13.4. The van der Waals surface area contributed by atoms with Crippen LogP contribution in [0.4, 0.5) is 4.79 Å². The minimum absolute atomic E-state index is 0.0832. The second kappa shape index (κ2) is 6.04. The molecule has 21 heavy (non-hydrogen) atoms. The summed E-state index contributed by atoms with van der Waals surface area (Å²) in [5.41, 5.74) is 0.564.